The number of hydrogen-bond acceptors (Lipinski definition) is 4. The zero-order chi connectivity index (χ0) is 22.2. The highest BCUT2D eigenvalue weighted by Gasteiger charge is 2.41. The van der Waals surface area contributed by atoms with Crippen molar-refractivity contribution in [1.82, 2.24) is 4.90 Å². The fraction of sp³-hybridized carbons (Fsp3) is 0.160. The van der Waals surface area contributed by atoms with Crippen LogP contribution in [0.15, 0.2) is 93.1 Å². The van der Waals surface area contributed by atoms with Gasteiger partial charge in [0.2, 0.25) is 0 Å². The Morgan fingerprint density at radius 2 is 1.66 bits per heavy atom. The first kappa shape index (κ1) is 20.6. The third kappa shape index (κ3) is 3.53. The van der Waals surface area contributed by atoms with Crippen molar-refractivity contribution in [3.8, 4) is 0 Å². The van der Waals surface area contributed by atoms with E-state index in [1.807, 2.05) is 41.3 Å². The number of halogens is 1. The summed E-state index contributed by atoms with van der Waals surface area (Å²) in [5.74, 6) is -1.81. The quantitative estimate of drug-likeness (QED) is 0.456. The summed E-state index contributed by atoms with van der Waals surface area (Å²) in [4.78, 5) is 14.1. The number of nitrogens with zero attached hydrogens (tertiary/aromatic N) is 1. The van der Waals surface area contributed by atoms with Gasteiger partial charge >= 0.3 is 5.97 Å². The van der Waals surface area contributed by atoms with E-state index >= 15 is 4.39 Å². The first-order valence-corrected chi connectivity index (χ1v) is 11.4. The van der Waals surface area contributed by atoms with Gasteiger partial charge in [0.15, 0.2) is 11.6 Å². The standard InChI is InChI=1S/C25H20FNO4S/c26-22-21-19(12-7-13-20(21)32(30)18-10-5-2-6-11-18)31-24(22)23(16-8-3-1-4-9-16)27-14-17(15-27)25(28)29/h1-13,17,23H,14-15H2,(H,28,29). The maximum absolute atomic E-state index is 15.9. The van der Waals surface area contributed by atoms with E-state index < -0.39 is 34.5 Å². The van der Waals surface area contributed by atoms with Crippen molar-refractivity contribution in [3.63, 3.8) is 0 Å². The average Bonchev–Trinajstić information content (AvgIpc) is 3.12. The molecule has 3 aromatic carbocycles. The first-order chi connectivity index (χ1) is 15.5. The third-order valence-corrected chi connectivity index (χ3v) is 7.23. The summed E-state index contributed by atoms with van der Waals surface area (Å²) in [6, 6.07) is 22.7. The zero-order valence-corrected chi connectivity index (χ0v) is 17.8. The van der Waals surface area contributed by atoms with Crippen LogP contribution in [-0.4, -0.2) is 33.3 Å². The Morgan fingerprint density at radius 3 is 2.31 bits per heavy atom. The van der Waals surface area contributed by atoms with Gasteiger partial charge in [0, 0.05) is 18.0 Å². The first-order valence-electron chi connectivity index (χ1n) is 10.2. The van der Waals surface area contributed by atoms with Gasteiger partial charge in [-0.05, 0) is 29.8 Å². The topological polar surface area (TPSA) is 70.8 Å². The van der Waals surface area contributed by atoms with Crippen molar-refractivity contribution in [2.24, 2.45) is 5.92 Å². The van der Waals surface area contributed by atoms with E-state index in [-0.39, 0.29) is 11.1 Å². The smallest absolute Gasteiger partial charge is 0.309 e. The Labute approximate surface area is 186 Å². The molecule has 32 heavy (non-hydrogen) atoms. The summed E-state index contributed by atoms with van der Waals surface area (Å²) >= 11 is 0. The van der Waals surface area contributed by atoms with Crippen LogP contribution < -0.4 is 0 Å². The Bertz CT molecular complexity index is 1300. The number of carboxylic acid groups (broad SMARTS) is 1. The Morgan fingerprint density at radius 1 is 1.00 bits per heavy atom. The number of aliphatic carboxylic acids is 1. The van der Waals surface area contributed by atoms with Crippen LogP contribution in [0.1, 0.15) is 17.4 Å². The molecule has 1 N–H and O–H groups in total. The fourth-order valence-corrected chi connectivity index (χ4v) is 5.38. The molecule has 0 saturated carbocycles. The van der Waals surface area contributed by atoms with E-state index in [1.165, 1.54) is 0 Å². The van der Waals surface area contributed by atoms with E-state index in [0.29, 0.717) is 28.5 Å². The average molecular weight is 450 g/mol. The predicted octanol–water partition coefficient (Wildman–Crippen LogP) is 4.84. The molecule has 5 nitrogen and oxygen atoms in total. The molecule has 1 aliphatic rings. The van der Waals surface area contributed by atoms with Gasteiger partial charge in [-0.15, -0.1) is 0 Å². The van der Waals surface area contributed by atoms with E-state index in [9.17, 15) is 14.1 Å². The molecule has 2 unspecified atom stereocenters. The highest BCUT2D eigenvalue weighted by Crippen LogP contribution is 2.40. The van der Waals surface area contributed by atoms with Gasteiger partial charge in [0.1, 0.15) is 5.58 Å². The summed E-state index contributed by atoms with van der Waals surface area (Å²) in [5.41, 5.74) is 1.12. The van der Waals surface area contributed by atoms with Gasteiger partial charge in [0.25, 0.3) is 0 Å². The predicted molar refractivity (Wildman–Crippen MR) is 118 cm³/mol. The molecule has 2 heterocycles. The number of rotatable bonds is 6. The molecule has 5 rings (SSSR count). The van der Waals surface area contributed by atoms with Crippen molar-refractivity contribution < 1.29 is 22.9 Å². The molecule has 1 aromatic heterocycles. The highest BCUT2D eigenvalue weighted by atomic mass is 32.2. The van der Waals surface area contributed by atoms with E-state index in [0.717, 1.165) is 5.56 Å². The number of furan rings is 1. The molecule has 0 bridgehead atoms. The van der Waals surface area contributed by atoms with Gasteiger partial charge < -0.3 is 9.52 Å². The maximum Gasteiger partial charge on any atom is 0.309 e. The second-order valence-corrected chi connectivity index (χ2v) is 9.24. The van der Waals surface area contributed by atoms with Gasteiger partial charge in [-0.25, -0.2) is 8.60 Å². The molecule has 162 valence electrons. The van der Waals surface area contributed by atoms with Crippen LogP contribution in [0.25, 0.3) is 11.0 Å². The lowest BCUT2D eigenvalue weighted by atomic mass is 9.93. The van der Waals surface area contributed by atoms with Gasteiger partial charge in [-0.2, -0.15) is 0 Å². The van der Waals surface area contributed by atoms with Crippen LogP contribution >= 0.6 is 0 Å². The van der Waals surface area contributed by atoms with Gasteiger partial charge in [-0.1, -0.05) is 54.6 Å². The third-order valence-electron chi connectivity index (χ3n) is 5.79. The van der Waals surface area contributed by atoms with Crippen LogP contribution in [0.3, 0.4) is 0 Å². The van der Waals surface area contributed by atoms with E-state index in [2.05, 4.69) is 0 Å². The zero-order valence-electron chi connectivity index (χ0n) is 17.0. The summed E-state index contributed by atoms with van der Waals surface area (Å²) in [5, 5.41) is 9.49. The van der Waals surface area contributed by atoms with Gasteiger partial charge in [0.05, 0.1) is 33.0 Å². The van der Waals surface area contributed by atoms with Crippen LogP contribution in [0, 0.1) is 11.7 Å². The highest BCUT2D eigenvalue weighted by molar-refractivity contribution is 7.85. The molecule has 2 atom stereocenters. The van der Waals surface area contributed by atoms with Crippen molar-refractivity contribution >= 4 is 27.7 Å². The molecule has 0 amide bonds. The normalized spacial score (nSPS) is 16.5. The maximum atomic E-state index is 15.9. The van der Waals surface area contributed by atoms with E-state index in [4.69, 9.17) is 4.42 Å². The van der Waals surface area contributed by atoms with Crippen molar-refractivity contribution in [2.45, 2.75) is 15.8 Å². The van der Waals surface area contributed by atoms with Crippen LogP contribution in [-0.2, 0) is 15.6 Å². The second kappa shape index (κ2) is 8.33. The lowest BCUT2D eigenvalue weighted by Gasteiger charge is -2.41. The minimum absolute atomic E-state index is 0.104. The minimum Gasteiger partial charge on any atom is -0.481 e. The summed E-state index contributed by atoms with van der Waals surface area (Å²) in [7, 11) is -1.58. The summed E-state index contributed by atoms with van der Waals surface area (Å²) < 4.78 is 35.1. The monoisotopic (exact) mass is 449 g/mol. The number of carbonyl (C=O) groups is 1. The minimum atomic E-state index is -1.58. The summed E-state index contributed by atoms with van der Waals surface area (Å²) in [6.07, 6.45) is 0. The number of benzene rings is 3. The molecule has 1 aliphatic heterocycles. The van der Waals surface area contributed by atoms with Crippen molar-refractivity contribution in [3.05, 3.63) is 96.0 Å². The van der Waals surface area contributed by atoms with Crippen LogP contribution in [0.2, 0.25) is 0 Å². The number of fused-ring (bicyclic) bond motifs is 1. The molecule has 0 aliphatic carbocycles. The summed E-state index contributed by atoms with van der Waals surface area (Å²) in [6.45, 7) is 0.600. The molecule has 0 spiro atoms. The Balaban J connectivity index is 1.62. The molecule has 1 fully saturated rings. The largest absolute Gasteiger partial charge is 0.481 e. The molecular formula is C25H20FNO4S. The van der Waals surface area contributed by atoms with Gasteiger partial charge in [-0.3, -0.25) is 9.69 Å². The molecule has 1 saturated heterocycles. The number of likely N-dealkylation sites (tertiary alicyclic amines) is 1. The molecule has 0 radical (unpaired) electrons. The van der Waals surface area contributed by atoms with Crippen LogP contribution in [0.4, 0.5) is 4.39 Å². The fourth-order valence-electron chi connectivity index (χ4n) is 4.14. The Kier molecular flexibility index (Phi) is 5.36. The van der Waals surface area contributed by atoms with Crippen molar-refractivity contribution in [1.29, 1.82) is 0 Å². The lowest BCUT2D eigenvalue weighted by Crippen LogP contribution is -2.52. The molecular weight excluding hydrogens is 429 g/mol. The van der Waals surface area contributed by atoms with E-state index in [1.54, 1.807) is 42.5 Å². The molecule has 4 aromatic rings. The number of hydrogen-bond donors (Lipinski definition) is 1. The van der Waals surface area contributed by atoms with Crippen LogP contribution in [0.5, 0.6) is 0 Å². The van der Waals surface area contributed by atoms with Crippen molar-refractivity contribution in [2.75, 3.05) is 13.1 Å². The number of carboxylic acids is 1. The SMILES string of the molecule is O=C(O)C1CN(C(c2ccccc2)c2oc3cccc(S(=O)c4ccccc4)c3c2F)C1. The Hall–Kier alpha value is -3.29. The second-order valence-electron chi connectivity index (χ2n) is 7.79. The molecule has 7 heteroatoms. The lowest BCUT2D eigenvalue weighted by molar-refractivity contribution is -0.148.